The van der Waals surface area contributed by atoms with Crippen molar-refractivity contribution in [3.8, 4) is 0 Å². The summed E-state index contributed by atoms with van der Waals surface area (Å²) in [6, 6.07) is 14.5. The lowest BCUT2D eigenvalue weighted by Crippen LogP contribution is -2.35. The van der Waals surface area contributed by atoms with Gasteiger partial charge < -0.3 is 5.32 Å². The molecule has 126 valence electrons. The predicted octanol–water partition coefficient (Wildman–Crippen LogP) is 3.28. The van der Waals surface area contributed by atoms with E-state index in [1.165, 1.54) is 0 Å². The third-order valence-corrected chi connectivity index (χ3v) is 4.90. The highest BCUT2D eigenvalue weighted by molar-refractivity contribution is 7.98. The predicted molar refractivity (Wildman–Crippen MR) is 98.9 cm³/mol. The van der Waals surface area contributed by atoms with Crippen LogP contribution >= 0.6 is 11.8 Å². The minimum atomic E-state index is -0.630. The summed E-state index contributed by atoms with van der Waals surface area (Å²) in [7, 11) is 0. The van der Waals surface area contributed by atoms with E-state index in [4.69, 9.17) is 0 Å². The van der Waals surface area contributed by atoms with Gasteiger partial charge in [-0.05, 0) is 36.6 Å². The minimum Gasteiger partial charge on any atom is -0.324 e. The number of rotatable bonds is 3. The molecule has 0 unspecified atom stereocenters. The van der Waals surface area contributed by atoms with Gasteiger partial charge in [0.1, 0.15) is 6.04 Å². The molecular weight excluding hydrogens is 336 g/mol. The van der Waals surface area contributed by atoms with Crippen LogP contribution in [0.3, 0.4) is 0 Å². The summed E-state index contributed by atoms with van der Waals surface area (Å²) in [4.78, 5) is 30.4. The van der Waals surface area contributed by atoms with E-state index in [9.17, 15) is 9.59 Å². The minimum absolute atomic E-state index is 0.0847. The van der Waals surface area contributed by atoms with Gasteiger partial charge in [-0.1, -0.05) is 18.2 Å². The fourth-order valence-corrected chi connectivity index (χ4v) is 3.49. The van der Waals surface area contributed by atoms with Crippen LogP contribution in [0.25, 0.3) is 11.0 Å². The standard InChI is InChI=1S/C18H16N4O2S/c1-25-12-6-4-5-11(9-12)19-17(24)15-10-16(23)21-18-20-13-7-2-3-8-14(13)22(15)18/h2-9,15H,10H2,1H3,(H,19,24)(H,20,21,23)/t15-/m1/s1. The van der Waals surface area contributed by atoms with E-state index in [0.29, 0.717) is 11.6 Å². The first-order valence-electron chi connectivity index (χ1n) is 7.87. The highest BCUT2D eigenvalue weighted by Crippen LogP contribution is 2.31. The Kier molecular flexibility index (Phi) is 3.93. The van der Waals surface area contributed by atoms with Crippen molar-refractivity contribution in [3.63, 3.8) is 0 Å². The van der Waals surface area contributed by atoms with Crippen LogP contribution in [0.4, 0.5) is 11.6 Å². The number of carbonyl (C=O) groups excluding carboxylic acids is 2. The zero-order valence-electron chi connectivity index (χ0n) is 13.5. The van der Waals surface area contributed by atoms with Crippen molar-refractivity contribution in [2.45, 2.75) is 17.4 Å². The van der Waals surface area contributed by atoms with Crippen LogP contribution in [-0.4, -0.2) is 27.6 Å². The van der Waals surface area contributed by atoms with Crippen molar-refractivity contribution in [2.75, 3.05) is 16.9 Å². The van der Waals surface area contributed by atoms with Gasteiger partial charge in [0.2, 0.25) is 17.8 Å². The number of imidazole rings is 1. The van der Waals surface area contributed by atoms with E-state index in [-0.39, 0.29) is 18.2 Å². The van der Waals surface area contributed by atoms with Crippen LogP contribution in [0.15, 0.2) is 53.4 Å². The third kappa shape index (κ3) is 2.87. The summed E-state index contributed by atoms with van der Waals surface area (Å²) in [5.41, 5.74) is 2.30. The largest absolute Gasteiger partial charge is 0.324 e. The maximum Gasteiger partial charge on any atom is 0.248 e. The van der Waals surface area contributed by atoms with Crippen LogP contribution in [0.1, 0.15) is 12.5 Å². The Bertz CT molecular complexity index is 982. The smallest absolute Gasteiger partial charge is 0.248 e. The van der Waals surface area contributed by atoms with Crippen LogP contribution in [-0.2, 0) is 9.59 Å². The number of amides is 2. The number of thioether (sulfide) groups is 1. The molecule has 0 radical (unpaired) electrons. The Hall–Kier alpha value is -2.80. The van der Waals surface area contributed by atoms with Gasteiger partial charge in [0.25, 0.3) is 0 Å². The average Bonchev–Trinajstić information content (AvgIpc) is 2.99. The van der Waals surface area contributed by atoms with Gasteiger partial charge in [0.05, 0.1) is 17.5 Å². The van der Waals surface area contributed by atoms with Crippen molar-refractivity contribution < 1.29 is 9.59 Å². The number of aromatic nitrogens is 2. The second-order valence-corrected chi connectivity index (χ2v) is 6.66. The highest BCUT2D eigenvalue weighted by Gasteiger charge is 2.32. The molecule has 25 heavy (non-hydrogen) atoms. The molecule has 1 atom stereocenters. The molecule has 4 rings (SSSR count). The van der Waals surface area contributed by atoms with Crippen molar-refractivity contribution in [3.05, 3.63) is 48.5 Å². The topological polar surface area (TPSA) is 76.0 Å². The number of hydrogen-bond donors (Lipinski definition) is 2. The molecule has 1 aliphatic rings. The zero-order valence-corrected chi connectivity index (χ0v) is 14.3. The first kappa shape index (κ1) is 15.7. The van der Waals surface area contributed by atoms with Crippen LogP contribution in [0.2, 0.25) is 0 Å². The van der Waals surface area contributed by atoms with Gasteiger partial charge in [-0.3, -0.25) is 19.5 Å². The van der Waals surface area contributed by atoms with Gasteiger partial charge in [0.15, 0.2) is 0 Å². The second kappa shape index (κ2) is 6.25. The van der Waals surface area contributed by atoms with Crippen molar-refractivity contribution >= 4 is 46.2 Å². The van der Waals surface area contributed by atoms with Crippen LogP contribution in [0, 0.1) is 0 Å². The zero-order chi connectivity index (χ0) is 17.4. The van der Waals surface area contributed by atoms with E-state index in [0.717, 1.165) is 15.9 Å². The van der Waals surface area contributed by atoms with Gasteiger partial charge in [-0.15, -0.1) is 11.8 Å². The fraction of sp³-hybridized carbons (Fsp3) is 0.167. The number of nitrogens with zero attached hydrogens (tertiary/aromatic N) is 2. The molecule has 3 aromatic rings. The molecule has 0 saturated heterocycles. The first-order chi connectivity index (χ1) is 12.2. The maximum atomic E-state index is 12.9. The first-order valence-corrected chi connectivity index (χ1v) is 9.10. The molecule has 6 nitrogen and oxygen atoms in total. The summed E-state index contributed by atoms with van der Waals surface area (Å²) in [6.07, 6.45) is 2.07. The summed E-state index contributed by atoms with van der Waals surface area (Å²) < 4.78 is 1.80. The van der Waals surface area contributed by atoms with E-state index in [2.05, 4.69) is 15.6 Å². The number of fused-ring (bicyclic) bond motifs is 3. The molecule has 0 bridgehead atoms. The van der Waals surface area contributed by atoms with Crippen molar-refractivity contribution in [1.82, 2.24) is 9.55 Å². The molecule has 1 aromatic heterocycles. The molecular formula is C18H16N4O2S. The normalized spacial score (nSPS) is 16.4. The number of anilines is 2. The van der Waals surface area contributed by atoms with Gasteiger partial charge in [-0.2, -0.15) is 0 Å². The second-order valence-electron chi connectivity index (χ2n) is 5.78. The Labute approximate surface area is 148 Å². The lowest BCUT2D eigenvalue weighted by Gasteiger charge is -2.25. The molecule has 0 saturated carbocycles. The lowest BCUT2D eigenvalue weighted by atomic mass is 10.1. The Morgan fingerprint density at radius 3 is 2.96 bits per heavy atom. The molecule has 2 N–H and O–H groups in total. The van der Waals surface area contributed by atoms with Crippen LogP contribution < -0.4 is 10.6 Å². The van der Waals surface area contributed by atoms with E-state index < -0.39 is 6.04 Å². The van der Waals surface area contributed by atoms with E-state index in [1.807, 2.05) is 54.8 Å². The Balaban J connectivity index is 1.70. The van der Waals surface area contributed by atoms with E-state index in [1.54, 1.807) is 16.3 Å². The molecule has 0 spiro atoms. The SMILES string of the molecule is CSc1cccc(NC(=O)[C@H]2CC(=O)Nc3nc4ccccc4n32)c1. The Morgan fingerprint density at radius 2 is 2.12 bits per heavy atom. The number of para-hydroxylation sites is 2. The number of benzene rings is 2. The lowest BCUT2D eigenvalue weighted by molar-refractivity contribution is -0.124. The summed E-state index contributed by atoms with van der Waals surface area (Å²) in [5.74, 6) is -0.0196. The summed E-state index contributed by atoms with van der Waals surface area (Å²) >= 11 is 1.61. The molecule has 0 aliphatic carbocycles. The van der Waals surface area contributed by atoms with Gasteiger partial charge >= 0.3 is 0 Å². The van der Waals surface area contributed by atoms with Crippen molar-refractivity contribution in [2.24, 2.45) is 0 Å². The summed E-state index contributed by atoms with van der Waals surface area (Å²) in [6.45, 7) is 0. The van der Waals surface area contributed by atoms with Gasteiger partial charge in [0, 0.05) is 10.6 Å². The maximum absolute atomic E-state index is 12.9. The fourth-order valence-electron chi connectivity index (χ4n) is 3.03. The Morgan fingerprint density at radius 1 is 1.28 bits per heavy atom. The van der Waals surface area contributed by atoms with Crippen molar-refractivity contribution in [1.29, 1.82) is 0 Å². The quantitative estimate of drug-likeness (QED) is 0.709. The molecule has 1 aliphatic heterocycles. The molecule has 2 amide bonds. The van der Waals surface area contributed by atoms with Gasteiger partial charge in [-0.25, -0.2) is 4.98 Å². The number of carbonyl (C=O) groups is 2. The molecule has 2 heterocycles. The molecule has 0 fully saturated rings. The number of hydrogen-bond acceptors (Lipinski definition) is 4. The van der Waals surface area contributed by atoms with Crippen LogP contribution in [0.5, 0.6) is 0 Å². The average molecular weight is 352 g/mol. The van der Waals surface area contributed by atoms with E-state index >= 15 is 0 Å². The number of nitrogens with one attached hydrogen (secondary N) is 2. The molecule has 2 aromatic carbocycles. The third-order valence-electron chi connectivity index (χ3n) is 4.18. The monoisotopic (exact) mass is 352 g/mol. The summed E-state index contributed by atoms with van der Waals surface area (Å²) in [5, 5.41) is 5.67. The molecule has 7 heteroatoms. The highest BCUT2D eigenvalue weighted by atomic mass is 32.2.